The van der Waals surface area contributed by atoms with E-state index in [0.29, 0.717) is 30.8 Å². The van der Waals surface area contributed by atoms with Crippen LogP contribution < -0.4 is 10.6 Å². The number of nitriles is 1. The van der Waals surface area contributed by atoms with Crippen LogP contribution in [0.4, 0.5) is 11.4 Å². The number of nitrogen functional groups attached to an aromatic ring is 1. The van der Waals surface area contributed by atoms with E-state index < -0.39 is 0 Å². The molecule has 0 aliphatic rings. The van der Waals surface area contributed by atoms with Crippen molar-refractivity contribution in [3.63, 3.8) is 0 Å². The monoisotopic (exact) mass is 275 g/mol. The summed E-state index contributed by atoms with van der Waals surface area (Å²) in [5.41, 5.74) is 7.83. The van der Waals surface area contributed by atoms with Crippen LogP contribution in [0.2, 0.25) is 0 Å². The predicted octanol–water partition coefficient (Wildman–Crippen LogP) is 2.57. The van der Waals surface area contributed by atoms with Crippen LogP contribution in [0.3, 0.4) is 0 Å². The zero-order valence-corrected chi connectivity index (χ0v) is 12.2. The van der Waals surface area contributed by atoms with E-state index in [1.165, 1.54) is 0 Å². The molecule has 0 radical (unpaired) electrons. The molecule has 0 atom stereocenters. The fraction of sp³-hybridized carbons (Fsp3) is 0.467. The molecule has 5 heteroatoms. The van der Waals surface area contributed by atoms with E-state index in [1.807, 2.05) is 18.7 Å². The molecule has 108 valence electrons. The minimum atomic E-state index is -0.376. The lowest BCUT2D eigenvalue weighted by Crippen LogP contribution is -2.32. The van der Waals surface area contributed by atoms with Crippen molar-refractivity contribution in [2.24, 2.45) is 0 Å². The van der Waals surface area contributed by atoms with Crippen LogP contribution in [-0.2, 0) is 4.74 Å². The van der Waals surface area contributed by atoms with E-state index in [2.05, 4.69) is 6.07 Å². The molecular formula is C15H21N3O2. The third kappa shape index (κ3) is 3.89. The first-order valence-electron chi connectivity index (χ1n) is 6.71. The van der Waals surface area contributed by atoms with Crippen molar-refractivity contribution in [3.8, 4) is 6.07 Å². The summed E-state index contributed by atoms with van der Waals surface area (Å²) in [6.07, 6.45) is 0.428. The van der Waals surface area contributed by atoms with E-state index in [-0.39, 0.29) is 12.0 Å². The molecule has 0 unspecified atom stereocenters. The lowest BCUT2D eigenvalue weighted by molar-refractivity contribution is 0.0526. The van der Waals surface area contributed by atoms with Gasteiger partial charge in [-0.1, -0.05) is 0 Å². The summed E-state index contributed by atoms with van der Waals surface area (Å²) >= 11 is 0. The normalized spacial score (nSPS) is 10.2. The molecule has 0 amide bonds. The molecule has 0 saturated carbocycles. The molecule has 1 aromatic carbocycles. The van der Waals surface area contributed by atoms with E-state index >= 15 is 0 Å². The van der Waals surface area contributed by atoms with Gasteiger partial charge in [-0.15, -0.1) is 0 Å². The average molecular weight is 275 g/mol. The fourth-order valence-corrected chi connectivity index (χ4v) is 1.98. The Kier molecular flexibility index (Phi) is 5.85. The second-order valence-electron chi connectivity index (χ2n) is 4.69. The zero-order valence-electron chi connectivity index (χ0n) is 12.2. The maximum Gasteiger partial charge on any atom is 0.338 e. The first-order valence-corrected chi connectivity index (χ1v) is 6.71. The molecule has 0 fully saturated rings. The summed E-state index contributed by atoms with van der Waals surface area (Å²) in [4.78, 5) is 13.7. The van der Waals surface area contributed by atoms with Crippen LogP contribution in [0.5, 0.6) is 0 Å². The van der Waals surface area contributed by atoms with Gasteiger partial charge in [-0.05, 0) is 39.0 Å². The van der Waals surface area contributed by atoms with Crippen LogP contribution >= 0.6 is 0 Å². The van der Waals surface area contributed by atoms with Crippen molar-refractivity contribution < 1.29 is 9.53 Å². The molecule has 1 rings (SSSR count). The molecule has 0 spiro atoms. The first kappa shape index (κ1) is 15.8. The quantitative estimate of drug-likeness (QED) is 0.637. The Balaban J connectivity index is 3.01. The third-order valence-corrected chi connectivity index (χ3v) is 2.94. The highest BCUT2D eigenvalue weighted by molar-refractivity contribution is 5.92. The molecule has 0 bridgehead atoms. The lowest BCUT2D eigenvalue weighted by Gasteiger charge is -2.29. The Morgan fingerprint density at radius 2 is 2.20 bits per heavy atom. The van der Waals surface area contributed by atoms with Gasteiger partial charge in [-0.2, -0.15) is 5.26 Å². The standard InChI is InChI=1S/C15H21N3O2/c1-4-20-15(19)12-6-7-14(13(17)10-12)18(11(2)3)9-5-8-16/h6-7,10-11H,4-5,9,17H2,1-3H3. The van der Waals surface area contributed by atoms with Gasteiger partial charge in [0, 0.05) is 12.6 Å². The van der Waals surface area contributed by atoms with Gasteiger partial charge in [0.1, 0.15) is 0 Å². The minimum Gasteiger partial charge on any atom is -0.462 e. The van der Waals surface area contributed by atoms with E-state index in [0.717, 1.165) is 5.69 Å². The van der Waals surface area contributed by atoms with Gasteiger partial charge in [0.05, 0.1) is 36.0 Å². The molecule has 0 saturated heterocycles. The van der Waals surface area contributed by atoms with Crippen molar-refractivity contribution in [2.75, 3.05) is 23.8 Å². The Bertz CT molecular complexity index is 506. The Labute approximate surface area is 119 Å². The number of carbonyl (C=O) groups excluding carboxylic acids is 1. The predicted molar refractivity (Wildman–Crippen MR) is 79.5 cm³/mol. The average Bonchev–Trinajstić information content (AvgIpc) is 2.40. The van der Waals surface area contributed by atoms with Gasteiger partial charge in [-0.3, -0.25) is 0 Å². The van der Waals surface area contributed by atoms with Crippen molar-refractivity contribution in [1.82, 2.24) is 0 Å². The number of anilines is 2. The second kappa shape index (κ2) is 7.39. The molecule has 0 aliphatic heterocycles. The van der Waals surface area contributed by atoms with Crippen LogP contribution in [0.15, 0.2) is 18.2 Å². The number of nitrogens with two attached hydrogens (primary N) is 1. The maximum absolute atomic E-state index is 11.6. The molecule has 1 aromatic rings. The number of hydrogen-bond acceptors (Lipinski definition) is 5. The minimum absolute atomic E-state index is 0.221. The molecule has 0 aliphatic carbocycles. The molecular weight excluding hydrogens is 254 g/mol. The van der Waals surface area contributed by atoms with Crippen molar-refractivity contribution >= 4 is 17.3 Å². The van der Waals surface area contributed by atoms with E-state index in [1.54, 1.807) is 25.1 Å². The van der Waals surface area contributed by atoms with Crippen LogP contribution in [0, 0.1) is 11.3 Å². The van der Waals surface area contributed by atoms with Crippen LogP contribution in [-0.4, -0.2) is 25.2 Å². The number of nitrogens with zero attached hydrogens (tertiary/aromatic N) is 2. The van der Waals surface area contributed by atoms with Crippen LogP contribution in [0.25, 0.3) is 0 Å². The highest BCUT2D eigenvalue weighted by Crippen LogP contribution is 2.26. The Hall–Kier alpha value is -2.22. The molecule has 0 aromatic heterocycles. The van der Waals surface area contributed by atoms with Gasteiger partial charge in [0.25, 0.3) is 0 Å². The van der Waals surface area contributed by atoms with Gasteiger partial charge in [0.2, 0.25) is 0 Å². The highest BCUT2D eigenvalue weighted by Gasteiger charge is 2.15. The van der Waals surface area contributed by atoms with Gasteiger partial charge >= 0.3 is 5.97 Å². The largest absolute Gasteiger partial charge is 0.462 e. The van der Waals surface area contributed by atoms with E-state index in [9.17, 15) is 4.79 Å². The first-order chi connectivity index (χ1) is 9.51. The number of hydrogen-bond donors (Lipinski definition) is 1. The van der Waals surface area contributed by atoms with E-state index in [4.69, 9.17) is 15.7 Å². The topological polar surface area (TPSA) is 79.3 Å². The Morgan fingerprint density at radius 1 is 1.50 bits per heavy atom. The lowest BCUT2D eigenvalue weighted by atomic mass is 10.1. The summed E-state index contributed by atoms with van der Waals surface area (Å²) in [5, 5.41) is 8.72. The smallest absolute Gasteiger partial charge is 0.338 e. The number of carbonyl (C=O) groups is 1. The molecule has 20 heavy (non-hydrogen) atoms. The van der Waals surface area contributed by atoms with Gasteiger partial charge in [-0.25, -0.2) is 4.79 Å². The summed E-state index contributed by atoms with van der Waals surface area (Å²) in [5.74, 6) is -0.376. The van der Waals surface area contributed by atoms with Crippen molar-refractivity contribution in [2.45, 2.75) is 33.2 Å². The number of ether oxygens (including phenoxy) is 1. The van der Waals surface area contributed by atoms with Crippen molar-refractivity contribution in [1.29, 1.82) is 5.26 Å². The molecule has 2 N–H and O–H groups in total. The maximum atomic E-state index is 11.6. The summed E-state index contributed by atoms with van der Waals surface area (Å²) in [7, 11) is 0. The highest BCUT2D eigenvalue weighted by atomic mass is 16.5. The Morgan fingerprint density at radius 3 is 2.70 bits per heavy atom. The van der Waals surface area contributed by atoms with Crippen LogP contribution in [0.1, 0.15) is 37.6 Å². The number of rotatable bonds is 6. The fourth-order valence-electron chi connectivity index (χ4n) is 1.98. The summed E-state index contributed by atoms with van der Waals surface area (Å²) in [6, 6.07) is 7.48. The SMILES string of the molecule is CCOC(=O)c1ccc(N(CCC#N)C(C)C)c(N)c1. The summed E-state index contributed by atoms with van der Waals surface area (Å²) in [6.45, 7) is 6.78. The van der Waals surface area contributed by atoms with Crippen molar-refractivity contribution in [3.05, 3.63) is 23.8 Å². The molecule has 5 nitrogen and oxygen atoms in total. The molecule has 0 heterocycles. The summed E-state index contributed by atoms with van der Waals surface area (Å²) < 4.78 is 4.94. The second-order valence-corrected chi connectivity index (χ2v) is 4.69. The van der Waals surface area contributed by atoms with Gasteiger partial charge < -0.3 is 15.4 Å². The third-order valence-electron chi connectivity index (χ3n) is 2.94. The van der Waals surface area contributed by atoms with Gasteiger partial charge in [0.15, 0.2) is 0 Å². The number of benzene rings is 1. The number of esters is 1. The zero-order chi connectivity index (χ0) is 15.1.